The predicted octanol–water partition coefficient (Wildman–Crippen LogP) is 1.98. The predicted molar refractivity (Wildman–Crippen MR) is 69.2 cm³/mol. The smallest absolute Gasteiger partial charge is 0.0982 e. The van der Waals surface area contributed by atoms with E-state index in [9.17, 15) is 0 Å². The van der Waals surface area contributed by atoms with Gasteiger partial charge in [-0.2, -0.15) is 0 Å². The molecule has 1 aromatic rings. The third-order valence-electron chi connectivity index (χ3n) is 3.04. The minimum atomic E-state index is 0. The summed E-state index contributed by atoms with van der Waals surface area (Å²) in [6.07, 6.45) is 7.64. The first-order valence-electron chi connectivity index (χ1n) is 5.94. The molecule has 1 aliphatic heterocycles. The van der Waals surface area contributed by atoms with Gasteiger partial charge in [0.2, 0.25) is 0 Å². The van der Waals surface area contributed by atoms with Gasteiger partial charge in [-0.25, -0.2) is 0 Å². The molecule has 2 rings (SSSR count). The minimum absolute atomic E-state index is 0. The van der Waals surface area contributed by atoms with Gasteiger partial charge < -0.3 is 10.1 Å². The Bertz CT molecular complexity index is 304. The summed E-state index contributed by atoms with van der Waals surface area (Å²) in [6, 6.07) is 0. The second kappa shape index (κ2) is 7.58. The molecule has 0 spiro atoms. The molecule has 1 aromatic heterocycles. The molecule has 96 valence electrons. The first-order valence-corrected chi connectivity index (χ1v) is 5.94. The molecular formula is C12H20ClN3O. The Balaban J connectivity index is 0.00000144. The second-order valence-corrected chi connectivity index (χ2v) is 4.30. The zero-order chi connectivity index (χ0) is 11.2. The number of ether oxygens (including phenoxy) is 1. The van der Waals surface area contributed by atoms with E-state index in [1.807, 2.05) is 6.92 Å². The fourth-order valence-corrected chi connectivity index (χ4v) is 1.93. The van der Waals surface area contributed by atoms with E-state index in [1.54, 1.807) is 18.6 Å². The van der Waals surface area contributed by atoms with Crippen LogP contribution in [0.15, 0.2) is 18.6 Å². The number of rotatable bonds is 4. The van der Waals surface area contributed by atoms with Crippen LogP contribution in [-0.4, -0.2) is 29.7 Å². The molecule has 0 saturated carbocycles. The van der Waals surface area contributed by atoms with Crippen molar-refractivity contribution in [2.75, 3.05) is 19.7 Å². The molecule has 5 heteroatoms. The van der Waals surface area contributed by atoms with Crippen molar-refractivity contribution in [1.82, 2.24) is 15.3 Å². The Morgan fingerprint density at radius 1 is 1.41 bits per heavy atom. The van der Waals surface area contributed by atoms with Crippen LogP contribution in [0.2, 0.25) is 0 Å². The van der Waals surface area contributed by atoms with Gasteiger partial charge in [0.05, 0.1) is 24.6 Å². The monoisotopic (exact) mass is 257 g/mol. The highest BCUT2D eigenvalue weighted by Gasteiger charge is 2.15. The van der Waals surface area contributed by atoms with E-state index in [0.717, 1.165) is 25.4 Å². The van der Waals surface area contributed by atoms with Crippen molar-refractivity contribution in [3.63, 3.8) is 0 Å². The van der Waals surface area contributed by atoms with Crippen LogP contribution < -0.4 is 5.32 Å². The molecule has 4 nitrogen and oxygen atoms in total. The summed E-state index contributed by atoms with van der Waals surface area (Å²) in [4.78, 5) is 8.29. The maximum absolute atomic E-state index is 5.84. The number of nitrogens with one attached hydrogen (secondary N) is 1. The zero-order valence-electron chi connectivity index (χ0n) is 10.1. The van der Waals surface area contributed by atoms with Gasteiger partial charge in [-0.15, -0.1) is 12.4 Å². The van der Waals surface area contributed by atoms with Crippen molar-refractivity contribution in [2.45, 2.75) is 25.9 Å². The summed E-state index contributed by atoms with van der Waals surface area (Å²) in [5.41, 5.74) is 0.913. The van der Waals surface area contributed by atoms with E-state index in [1.165, 1.54) is 12.8 Å². The topological polar surface area (TPSA) is 47.0 Å². The largest absolute Gasteiger partial charge is 0.372 e. The summed E-state index contributed by atoms with van der Waals surface area (Å²) in [5, 5.41) is 3.36. The molecule has 0 aromatic carbocycles. The van der Waals surface area contributed by atoms with Crippen LogP contribution in [0.25, 0.3) is 0 Å². The lowest BCUT2D eigenvalue weighted by molar-refractivity contribution is 0.0295. The number of aromatic nitrogens is 2. The summed E-state index contributed by atoms with van der Waals surface area (Å²) < 4.78 is 5.84. The molecule has 1 aliphatic rings. The molecule has 0 bridgehead atoms. The first-order chi connectivity index (χ1) is 7.86. The van der Waals surface area contributed by atoms with Gasteiger partial charge in [0, 0.05) is 12.4 Å². The van der Waals surface area contributed by atoms with E-state index >= 15 is 0 Å². The van der Waals surface area contributed by atoms with E-state index in [0.29, 0.717) is 5.92 Å². The lowest BCUT2D eigenvalue weighted by Crippen LogP contribution is -2.30. The van der Waals surface area contributed by atoms with Crippen molar-refractivity contribution in [3.05, 3.63) is 24.3 Å². The fourth-order valence-electron chi connectivity index (χ4n) is 1.93. The lowest BCUT2D eigenvalue weighted by Gasteiger charge is -2.23. The summed E-state index contributed by atoms with van der Waals surface area (Å²) in [6.45, 7) is 5.10. The minimum Gasteiger partial charge on any atom is -0.372 e. The molecule has 0 aliphatic carbocycles. The van der Waals surface area contributed by atoms with Crippen LogP contribution in [0.4, 0.5) is 0 Å². The number of piperidine rings is 1. The highest BCUT2D eigenvalue weighted by Crippen LogP contribution is 2.18. The van der Waals surface area contributed by atoms with E-state index < -0.39 is 0 Å². The van der Waals surface area contributed by atoms with Gasteiger partial charge in [0.15, 0.2) is 0 Å². The standard InChI is InChI=1S/C12H19N3O.ClH/c1-10(12-8-14-6-7-15-12)16-9-11-2-4-13-5-3-11;/h6-8,10-11,13H,2-5,9H2,1H3;1H. The van der Waals surface area contributed by atoms with Crippen LogP contribution >= 0.6 is 12.4 Å². The summed E-state index contributed by atoms with van der Waals surface area (Å²) in [5.74, 6) is 0.695. The lowest BCUT2D eigenvalue weighted by atomic mass is 9.99. The Labute approximate surface area is 109 Å². The third-order valence-corrected chi connectivity index (χ3v) is 3.04. The molecule has 1 saturated heterocycles. The van der Waals surface area contributed by atoms with Crippen LogP contribution in [-0.2, 0) is 4.74 Å². The molecule has 2 heterocycles. The van der Waals surface area contributed by atoms with Crippen molar-refractivity contribution in [1.29, 1.82) is 0 Å². The number of halogens is 1. The third kappa shape index (κ3) is 4.58. The average Bonchev–Trinajstić information content (AvgIpc) is 2.38. The Hall–Kier alpha value is -0.710. The van der Waals surface area contributed by atoms with Gasteiger partial charge in [-0.3, -0.25) is 9.97 Å². The normalized spacial score (nSPS) is 18.4. The Morgan fingerprint density at radius 3 is 2.82 bits per heavy atom. The first kappa shape index (κ1) is 14.4. The van der Waals surface area contributed by atoms with E-state index in [-0.39, 0.29) is 18.5 Å². The molecule has 1 unspecified atom stereocenters. The highest BCUT2D eigenvalue weighted by atomic mass is 35.5. The maximum Gasteiger partial charge on any atom is 0.0982 e. The van der Waals surface area contributed by atoms with Crippen LogP contribution in [0.5, 0.6) is 0 Å². The molecule has 1 N–H and O–H groups in total. The van der Waals surface area contributed by atoms with E-state index in [4.69, 9.17) is 4.74 Å². The van der Waals surface area contributed by atoms with Crippen molar-refractivity contribution in [2.24, 2.45) is 5.92 Å². The van der Waals surface area contributed by atoms with Crippen LogP contribution in [0.3, 0.4) is 0 Å². The van der Waals surface area contributed by atoms with Crippen molar-refractivity contribution in [3.8, 4) is 0 Å². The SMILES string of the molecule is CC(OCC1CCNCC1)c1cnccn1.Cl. The molecule has 1 atom stereocenters. The van der Waals surface area contributed by atoms with Crippen molar-refractivity contribution >= 4 is 12.4 Å². The average molecular weight is 258 g/mol. The van der Waals surface area contributed by atoms with Gasteiger partial charge in [0.1, 0.15) is 0 Å². The van der Waals surface area contributed by atoms with Crippen molar-refractivity contribution < 1.29 is 4.74 Å². The second-order valence-electron chi connectivity index (χ2n) is 4.30. The van der Waals surface area contributed by atoms with Crippen LogP contribution in [0.1, 0.15) is 31.6 Å². The quantitative estimate of drug-likeness (QED) is 0.896. The highest BCUT2D eigenvalue weighted by molar-refractivity contribution is 5.85. The number of hydrogen-bond donors (Lipinski definition) is 1. The Kier molecular flexibility index (Phi) is 6.40. The Morgan fingerprint density at radius 2 is 2.18 bits per heavy atom. The van der Waals surface area contributed by atoms with Gasteiger partial charge >= 0.3 is 0 Å². The van der Waals surface area contributed by atoms with Gasteiger partial charge in [-0.05, 0) is 38.8 Å². The molecule has 1 fully saturated rings. The molecule has 0 amide bonds. The fraction of sp³-hybridized carbons (Fsp3) is 0.667. The summed E-state index contributed by atoms with van der Waals surface area (Å²) >= 11 is 0. The van der Waals surface area contributed by atoms with Gasteiger partial charge in [0.25, 0.3) is 0 Å². The summed E-state index contributed by atoms with van der Waals surface area (Å²) in [7, 11) is 0. The number of nitrogens with zero attached hydrogens (tertiary/aromatic N) is 2. The number of hydrogen-bond acceptors (Lipinski definition) is 4. The van der Waals surface area contributed by atoms with Gasteiger partial charge in [-0.1, -0.05) is 0 Å². The molecular weight excluding hydrogens is 238 g/mol. The molecule has 17 heavy (non-hydrogen) atoms. The van der Waals surface area contributed by atoms with Crippen LogP contribution in [0, 0.1) is 5.92 Å². The molecule has 0 radical (unpaired) electrons. The van der Waals surface area contributed by atoms with E-state index in [2.05, 4.69) is 15.3 Å². The maximum atomic E-state index is 5.84. The zero-order valence-corrected chi connectivity index (χ0v) is 10.9.